The Balaban J connectivity index is 1.28. The number of rotatable bonds is 3. The molecule has 0 radical (unpaired) electrons. The number of carbonyl (C=O) groups excluding carboxylic acids is 3. The van der Waals surface area contributed by atoms with Crippen LogP contribution in [0.1, 0.15) is 27.5 Å². The van der Waals surface area contributed by atoms with Crippen LogP contribution in [0.25, 0.3) is 0 Å². The molecule has 3 aliphatic heterocycles. The van der Waals surface area contributed by atoms with Gasteiger partial charge < -0.3 is 24.7 Å². The van der Waals surface area contributed by atoms with Gasteiger partial charge in [-0.05, 0) is 30.2 Å². The van der Waals surface area contributed by atoms with Crippen molar-refractivity contribution < 1.29 is 23.5 Å². The SMILES string of the molecule is Nc1nccnc1C(=O)N1CCC(N2C(=O)O[C@H]3CN(C(=O)c4ccc(Cl)o4)C[C@H]32)C1. The summed E-state index contributed by atoms with van der Waals surface area (Å²) in [5.41, 5.74) is 5.87. The average molecular weight is 447 g/mol. The third-order valence-electron chi connectivity index (χ3n) is 5.90. The summed E-state index contributed by atoms with van der Waals surface area (Å²) in [6.07, 6.45) is 2.56. The van der Waals surface area contributed by atoms with Crippen molar-refractivity contribution in [1.82, 2.24) is 24.7 Å². The lowest BCUT2D eigenvalue weighted by Gasteiger charge is -2.27. The van der Waals surface area contributed by atoms with E-state index in [0.717, 1.165) is 0 Å². The predicted octanol–water partition coefficient (Wildman–Crippen LogP) is 0.865. The van der Waals surface area contributed by atoms with Crippen LogP contribution in [0.3, 0.4) is 0 Å². The van der Waals surface area contributed by atoms with Gasteiger partial charge in [0.05, 0.1) is 18.6 Å². The van der Waals surface area contributed by atoms with Crippen molar-refractivity contribution in [3.8, 4) is 0 Å². The summed E-state index contributed by atoms with van der Waals surface area (Å²) in [4.78, 5) is 50.8. The molecule has 3 amide bonds. The largest absolute Gasteiger partial charge is 0.442 e. The number of furan rings is 1. The van der Waals surface area contributed by atoms with E-state index in [2.05, 4.69) is 9.97 Å². The molecule has 3 aliphatic rings. The number of halogens is 1. The summed E-state index contributed by atoms with van der Waals surface area (Å²) in [6.45, 7) is 1.37. The van der Waals surface area contributed by atoms with Crippen LogP contribution in [-0.2, 0) is 4.74 Å². The van der Waals surface area contributed by atoms with Crippen molar-refractivity contribution in [3.05, 3.63) is 41.2 Å². The highest BCUT2D eigenvalue weighted by Crippen LogP contribution is 2.33. The zero-order chi connectivity index (χ0) is 21.7. The molecule has 0 aliphatic carbocycles. The molecular formula is C19H19ClN6O5. The topological polar surface area (TPSA) is 135 Å². The number of amides is 3. The van der Waals surface area contributed by atoms with Crippen molar-refractivity contribution in [2.75, 3.05) is 31.9 Å². The molecule has 5 rings (SSSR count). The van der Waals surface area contributed by atoms with Gasteiger partial charge in [-0.25, -0.2) is 14.8 Å². The Bertz CT molecular complexity index is 1060. The minimum atomic E-state index is -0.429. The molecule has 5 heterocycles. The Hall–Kier alpha value is -3.34. The number of aromatic nitrogens is 2. The fraction of sp³-hybridized carbons (Fsp3) is 0.421. The van der Waals surface area contributed by atoms with Gasteiger partial charge in [0.15, 0.2) is 22.5 Å². The third-order valence-corrected chi connectivity index (χ3v) is 6.10. The maximum Gasteiger partial charge on any atom is 0.410 e. The van der Waals surface area contributed by atoms with Crippen LogP contribution in [-0.4, -0.2) is 86.9 Å². The van der Waals surface area contributed by atoms with Crippen LogP contribution in [0.4, 0.5) is 10.6 Å². The molecule has 2 aromatic rings. The standard InChI is InChI=1S/C19H19ClN6O5/c20-14-2-1-12(30-14)17(27)25-8-11-13(9-25)31-19(29)26(11)10-3-6-24(7-10)18(28)15-16(21)23-5-4-22-15/h1-2,4-5,10-11,13H,3,6-9H2,(H2,21,23)/t10?,11-,13+/m1/s1. The van der Waals surface area contributed by atoms with Gasteiger partial charge in [0, 0.05) is 32.0 Å². The van der Waals surface area contributed by atoms with Gasteiger partial charge in [-0.2, -0.15) is 0 Å². The molecule has 162 valence electrons. The number of hydrogen-bond donors (Lipinski definition) is 1. The van der Waals surface area contributed by atoms with Crippen LogP contribution in [0.15, 0.2) is 28.9 Å². The highest BCUT2D eigenvalue weighted by Gasteiger charge is 2.52. The second-order valence-corrected chi connectivity index (χ2v) is 8.07. The predicted molar refractivity (Wildman–Crippen MR) is 106 cm³/mol. The lowest BCUT2D eigenvalue weighted by atomic mass is 10.1. The van der Waals surface area contributed by atoms with Crippen molar-refractivity contribution >= 4 is 35.3 Å². The van der Waals surface area contributed by atoms with Gasteiger partial charge in [-0.3, -0.25) is 14.5 Å². The minimum absolute atomic E-state index is 0.0690. The molecular weight excluding hydrogens is 428 g/mol. The molecule has 3 fully saturated rings. The molecule has 3 saturated heterocycles. The van der Waals surface area contributed by atoms with Crippen molar-refractivity contribution in [3.63, 3.8) is 0 Å². The first kappa shape index (κ1) is 19.6. The van der Waals surface area contributed by atoms with Gasteiger partial charge in [-0.15, -0.1) is 0 Å². The molecule has 31 heavy (non-hydrogen) atoms. The molecule has 3 atom stereocenters. The number of nitrogens with zero attached hydrogens (tertiary/aromatic N) is 5. The maximum atomic E-state index is 12.8. The molecule has 12 heteroatoms. The summed E-state index contributed by atoms with van der Waals surface area (Å²) < 4.78 is 10.7. The van der Waals surface area contributed by atoms with E-state index in [1.807, 2.05) is 0 Å². The number of anilines is 1. The summed E-state index contributed by atoms with van der Waals surface area (Å²) in [5.74, 6) is -0.421. The molecule has 2 N–H and O–H groups in total. The summed E-state index contributed by atoms with van der Waals surface area (Å²) in [6, 6.07) is 2.51. The molecule has 0 spiro atoms. The monoisotopic (exact) mass is 446 g/mol. The number of nitrogen functional groups attached to an aromatic ring is 1. The third kappa shape index (κ3) is 3.34. The number of likely N-dealkylation sites (tertiary alicyclic amines) is 2. The molecule has 11 nitrogen and oxygen atoms in total. The first-order valence-electron chi connectivity index (χ1n) is 9.81. The number of hydrogen-bond acceptors (Lipinski definition) is 8. The van der Waals surface area contributed by atoms with E-state index in [0.29, 0.717) is 26.1 Å². The second kappa shape index (κ2) is 7.41. The number of carbonyl (C=O) groups is 3. The van der Waals surface area contributed by atoms with Gasteiger partial charge in [0.2, 0.25) is 0 Å². The molecule has 0 bridgehead atoms. The summed E-state index contributed by atoms with van der Waals surface area (Å²) in [7, 11) is 0. The van der Waals surface area contributed by atoms with E-state index in [-0.39, 0.29) is 52.9 Å². The van der Waals surface area contributed by atoms with Crippen LogP contribution < -0.4 is 5.73 Å². The zero-order valence-corrected chi connectivity index (χ0v) is 17.1. The number of ether oxygens (including phenoxy) is 1. The van der Waals surface area contributed by atoms with Crippen molar-refractivity contribution in [1.29, 1.82) is 0 Å². The Kier molecular flexibility index (Phi) is 4.69. The van der Waals surface area contributed by atoms with Gasteiger partial charge >= 0.3 is 6.09 Å². The second-order valence-electron chi connectivity index (χ2n) is 7.69. The minimum Gasteiger partial charge on any atom is -0.442 e. The van der Waals surface area contributed by atoms with Crippen molar-refractivity contribution in [2.24, 2.45) is 0 Å². The van der Waals surface area contributed by atoms with Crippen LogP contribution >= 0.6 is 11.6 Å². The van der Waals surface area contributed by atoms with Gasteiger partial charge in [-0.1, -0.05) is 0 Å². The first-order valence-corrected chi connectivity index (χ1v) is 10.2. The highest BCUT2D eigenvalue weighted by atomic mass is 35.5. The van der Waals surface area contributed by atoms with E-state index >= 15 is 0 Å². The normalized spacial score (nSPS) is 25.1. The molecule has 0 aromatic carbocycles. The average Bonchev–Trinajstić information content (AvgIpc) is 3.51. The van der Waals surface area contributed by atoms with Crippen LogP contribution in [0.2, 0.25) is 5.22 Å². The van der Waals surface area contributed by atoms with E-state index in [9.17, 15) is 14.4 Å². The quantitative estimate of drug-likeness (QED) is 0.733. The smallest absolute Gasteiger partial charge is 0.410 e. The molecule has 1 unspecified atom stereocenters. The highest BCUT2D eigenvalue weighted by molar-refractivity contribution is 6.29. The van der Waals surface area contributed by atoms with E-state index in [1.165, 1.54) is 24.5 Å². The lowest BCUT2D eigenvalue weighted by molar-refractivity contribution is 0.0685. The Labute approximate surface area is 181 Å². The first-order chi connectivity index (χ1) is 14.9. The fourth-order valence-corrected chi connectivity index (χ4v) is 4.60. The Morgan fingerprint density at radius 1 is 1.10 bits per heavy atom. The fourth-order valence-electron chi connectivity index (χ4n) is 4.45. The molecule has 0 saturated carbocycles. The zero-order valence-electron chi connectivity index (χ0n) is 16.3. The summed E-state index contributed by atoms with van der Waals surface area (Å²) in [5, 5.41) is 0.134. The van der Waals surface area contributed by atoms with Crippen LogP contribution in [0, 0.1) is 0 Å². The van der Waals surface area contributed by atoms with Crippen LogP contribution in [0.5, 0.6) is 0 Å². The van der Waals surface area contributed by atoms with Gasteiger partial charge in [0.1, 0.15) is 6.10 Å². The molecule has 2 aromatic heterocycles. The Morgan fingerprint density at radius 3 is 2.65 bits per heavy atom. The lowest BCUT2D eigenvalue weighted by Crippen LogP contribution is -2.47. The Morgan fingerprint density at radius 2 is 1.90 bits per heavy atom. The van der Waals surface area contributed by atoms with E-state index < -0.39 is 12.2 Å². The van der Waals surface area contributed by atoms with Crippen molar-refractivity contribution in [2.45, 2.75) is 24.6 Å². The van der Waals surface area contributed by atoms with Gasteiger partial charge in [0.25, 0.3) is 11.8 Å². The number of fused-ring (bicyclic) bond motifs is 1. The summed E-state index contributed by atoms with van der Waals surface area (Å²) >= 11 is 5.77. The van der Waals surface area contributed by atoms with E-state index in [4.69, 9.17) is 26.5 Å². The maximum absolute atomic E-state index is 12.8. The number of nitrogens with two attached hydrogens (primary N) is 1. The van der Waals surface area contributed by atoms with E-state index in [1.54, 1.807) is 14.7 Å².